The van der Waals surface area contributed by atoms with E-state index >= 15 is 0 Å². The van der Waals surface area contributed by atoms with E-state index in [9.17, 15) is 4.79 Å². The zero-order valence-corrected chi connectivity index (χ0v) is 11.2. The van der Waals surface area contributed by atoms with Crippen LogP contribution in [0.2, 0.25) is 0 Å². The van der Waals surface area contributed by atoms with Crippen molar-refractivity contribution in [1.82, 2.24) is 0 Å². The van der Waals surface area contributed by atoms with Gasteiger partial charge in [-0.2, -0.15) is 0 Å². The molecule has 2 rings (SSSR count). The first kappa shape index (κ1) is 13.1. The van der Waals surface area contributed by atoms with Gasteiger partial charge in [0.1, 0.15) is 5.78 Å². The molecule has 2 N–H and O–H groups in total. The highest BCUT2D eigenvalue weighted by Crippen LogP contribution is 2.43. The molecular weight excluding hydrogens is 210 g/mol. The summed E-state index contributed by atoms with van der Waals surface area (Å²) in [4.78, 5) is 12.7. The van der Waals surface area contributed by atoms with E-state index in [1.807, 2.05) is 0 Å². The van der Waals surface area contributed by atoms with Crippen molar-refractivity contribution < 1.29 is 4.79 Å². The summed E-state index contributed by atoms with van der Waals surface area (Å²) in [6.45, 7) is 2.85. The van der Waals surface area contributed by atoms with Crippen LogP contribution >= 0.6 is 0 Å². The molecule has 2 fully saturated rings. The average Bonchev–Trinajstić information content (AvgIpc) is 2.88. The van der Waals surface area contributed by atoms with Crippen LogP contribution in [0.15, 0.2) is 0 Å². The third-order valence-electron chi connectivity index (χ3n) is 5.27. The van der Waals surface area contributed by atoms with Gasteiger partial charge in [-0.05, 0) is 44.4 Å². The lowest BCUT2D eigenvalue weighted by Gasteiger charge is -2.34. The van der Waals surface area contributed by atoms with E-state index in [4.69, 9.17) is 5.73 Å². The minimum atomic E-state index is -0.121. The Kier molecular flexibility index (Phi) is 4.24. The highest BCUT2D eigenvalue weighted by molar-refractivity contribution is 5.87. The van der Waals surface area contributed by atoms with Gasteiger partial charge in [0.2, 0.25) is 0 Å². The zero-order valence-electron chi connectivity index (χ0n) is 11.2. The molecule has 2 nitrogen and oxygen atoms in total. The Balaban J connectivity index is 1.96. The number of nitrogens with two attached hydrogens (primary N) is 1. The Labute approximate surface area is 105 Å². The van der Waals surface area contributed by atoms with Crippen LogP contribution in [-0.4, -0.2) is 12.3 Å². The SMILES string of the molecule is CCC1CCC(C(=O)C2(CN)CCCC2)CC1. The third kappa shape index (κ3) is 2.57. The molecule has 0 radical (unpaired) electrons. The van der Waals surface area contributed by atoms with Crippen LogP contribution in [0.3, 0.4) is 0 Å². The number of rotatable bonds is 4. The Bertz CT molecular complexity index is 260. The maximum absolute atomic E-state index is 12.7. The van der Waals surface area contributed by atoms with E-state index in [0.717, 1.165) is 31.6 Å². The summed E-state index contributed by atoms with van der Waals surface area (Å²) in [7, 11) is 0. The smallest absolute Gasteiger partial charge is 0.143 e. The van der Waals surface area contributed by atoms with E-state index in [-0.39, 0.29) is 5.41 Å². The number of ketones is 1. The molecule has 0 aromatic rings. The molecule has 2 heteroatoms. The molecule has 2 aliphatic rings. The van der Waals surface area contributed by atoms with Crippen molar-refractivity contribution in [2.75, 3.05) is 6.54 Å². The normalized spacial score (nSPS) is 32.6. The van der Waals surface area contributed by atoms with Crippen LogP contribution < -0.4 is 5.73 Å². The van der Waals surface area contributed by atoms with Gasteiger partial charge in [-0.15, -0.1) is 0 Å². The average molecular weight is 237 g/mol. The van der Waals surface area contributed by atoms with Gasteiger partial charge < -0.3 is 5.73 Å². The second-order valence-electron chi connectivity index (χ2n) is 6.18. The standard InChI is InChI=1S/C15H27NO/c1-2-12-5-7-13(8-6-12)14(17)15(11-16)9-3-4-10-15/h12-13H,2-11,16H2,1H3. The predicted molar refractivity (Wildman–Crippen MR) is 70.7 cm³/mol. The van der Waals surface area contributed by atoms with Crippen LogP contribution in [0.4, 0.5) is 0 Å². The molecule has 0 atom stereocenters. The van der Waals surface area contributed by atoms with Gasteiger partial charge in [0.15, 0.2) is 0 Å². The van der Waals surface area contributed by atoms with Gasteiger partial charge in [0.05, 0.1) is 0 Å². The van der Waals surface area contributed by atoms with Crippen molar-refractivity contribution in [3.8, 4) is 0 Å². The number of carbonyl (C=O) groups excluding carboxylic acids is 1. The van der Waals surface area contributed by atoms with Crippen molar-refractivity contribution in [1.29, 1.82) is 0 Å². The minimum absolute atomic E-state index is 0.121. The highest BCUT2D eigenvalue weighted by atomic mass is 16.1. The molecule has 0 saturated heterocycles. The summed E-state index contributed by atoms with van der Waals surface area (Å²) in [5.41, 5.74) is 5.79. The van der Waals surface area contributed by atoms with Crippen LogP contribution in [0.5, 0.6) is 0 Å². The van der Waals surface area contributed by atoms with Crippen molar-refractivity contribution in [3.63, 3.8) is 0 Å². The molecule has 0 heterocycles. The second-order valence-corrected chi connectivity index (χ2v) is 6.18. The van der Waals surface area contributed by atoms with E-state index in [1.54, 1.807) is 0 Å². The topological polar surface area (TPSA) is 43.1 Å². The second kappa shape index (κ2) is 5.51. The van der Waals surface area contributed by atoms with Gasteiger partial charge in [0, 0.05) is 17.9 Å². The number of Topliss-reactive ketones (excluding diaryl/α,β-unsaturated/α-hetero) is 1. The van der Waals surface area contributed by atoms with Gasteiger partial charge in [-0.1, -0.05) is 26.2 Å². The summed E-state index contributed by atoms with van der Waals surface area (Å²) in [6, 6.07) is 0. The molecule has 17 heavy (non-hydrogen) atoms. The Morgan fingerprint density at radius 2 is 1.76 bits per heavy atom. The van der Waals surface area contributed by atoms with E-state index < -0.39 is 0 Å². The molecule has 0 bridgehead atoms. The maximum Gasteiger partial charge on any atom is 0.143 e. The largest absolute Gasteiger partial charge is 0.329 e. The predicted octanol–water partition coefficient (Wildman–Crippen LogP) is 3.29. The Morgan fingerprint density at radius 1 is 1.18 bits per heavy atom. The minimum Gasteiger partial charge on any atom is -0.329 e. The molecule has 0 spiro atoms. The van der Waals surface area contributed by atoms with Gasteiger partial charge in [-0.25, -0.2) is 0 Å². The van der Waals surface area contributed by atoms with E-state index in [2.05, 4.69) is 6.92 Å². The first-order valence-electron chi connectivity index (χ1n) is 7.46. The van der Waals surface area contributed by atoms with Crippen molar-refractivity contribution >= 4 is 5.78 Å². The fourth-order valence-electron chi connectivity index (χ4n) is 3.87. The fourth-order valence-corrected chi connectivity index (χ4v) is 3.87. The van der Waals surface area contributed by atoms with Gasteiger partial charge >= 0.3 is 0 Å². The molecule has 2 saturated carbocycles. The Hall–Kier alpha value is -0.370. The molecule has 0 aromatic carbocycles. The lowest BCUT2D eigenvalue weighted by Crippen LogP contribution is -2.41. The molecule has 2 aliphatic carbocycles. The van der Waals surface area contributed by atoms with E-state index in [1.165, 1.54) is 32.1 Å². The molecule has 0 amide bonds. The van der Waals surface area contributed by atoms with Crippen molar-refractivity contribution in [2.24, 2.45) is 23.0 Å². The Morgan fingerprint density at radius 3 is 2.24 bits per heavy atom. The molecule has 0 unspecified atom stereocenters. The van der Waals surface area contributed by atoms with Gasteiger partial charge in [-0.3, -0.25) is 4.79 Å². The molecular formula is C15H27NO. The maximum atomic E-state index is 12.7. The summed E-state index contributed by atoms with van der Waals surface area (Å²) in [5.74, 6) is 1.72. The first-order chi connectivity index (χ1) is 8.22. The number of hydrogen-bond acceptors (Lipinski definition) is 2. The quantitative estimate of drug-likeness (QED) is 0.815. The van der Waals surface area contributed by atoms with Gasteiger partial charge in [0.25, 0.3) is 0 Å². The van der Waals surface area contributed by atoms with Crippen LogP contribution in [-0.2, 0) is 4.79 Å². The highest BCUT2D eigenvalue weighted by Gasteiger charge is 2.43. The van der Waals surface area contributed by atoms with E-state index in [0.29, 0.717) is 18.2 Å². The van der Waals surface area contributed by atoms with Crippen LogP contribution in [0.25, 0.3) is 0 Å². The van der Waals surface area contributed by atoms with Crippen LogP contribution in [0, 0.1) is 17.3 Å². The molecule has 98 valence electrons. The van der Waals surface area contributed by atoms with Crippen molar-refractivity contribution in [2.45, 2.75) is 64.7 Å². The number of carbonyl (C=O) groups is 1. The third-order valence-corrected chi connectivity index (χ3v) is 5.27. The summed E-state index contributed by atoms with van der Waals surface area (Å²) < 4.78 is 0. The monoisotopic (exact) mass is 237 g/mol. The molecule has 0 aliphatic heterocycles. The fraction of sp³-hybridized carbons (Fsp3) is 0.933. The van der Waals surface area contributed by atoms with Crippen molar-refractivity contribution in [3.05, 3.63) is 0 Å². The summed E-state index contributed by atoms with van der Waals surface area (Å²) >= 11 is 0. The lowest BCUT2D eigenvalue weighted by molar-refractivity contribution is -0.133. The first-order valence-corrected chi connectivity index (χ1v) is 7.46. The number of hydrogen-bond donors (Lipinski definition) is 1. The zero-order chi connectivity index (χ0) is 12.3. The summed E-state index contributed by atoms with van der Waals surface area (Å²) in [6.07, 6.45) is 10.6. The molecule has 0 aromatic heterocycles. The summed E-state index contributed by atoms with van der Waals surface area (Å²) in [5, 5.41) is 0. The lowest BCUT2D eigenvalue weighted by atomic mass is 9.70. The van der Waals surface area contributed by atoms with Crippen LogP contribution in [0.1, 0.15) is 64.7 Å².